The average molecular weight is 289 g/mol. The van der Waals surface area contributed by atoms with E-state index in [4.69, 9.17) is 5.73 Å². The minimum atomic E-state index is -0.438. The molecule has 0 aliphatic carbocycles. The Balaban J connectivity index is 2.40. The Hall–Kier alpha value is -2.57. The summed E-state index contributed by atoms with van der Waals surface area (Å²) in [4.78, 5) is 25.7. The highest BCUT2D eigenvalue weighted by Gasteiger charge is 2.15. The molecule has 1 aromatic heterocycles. The third kappa shape index (κ3) is 2.96. The molecule has 0 radical (unpaired) electrons. The van der Waals surface area contributed by atoms with Gasteiger partial charge in [0.25, 0.3) is 5.56 Å². The molecule has 0 unspecified atom stereocenters. The maximum atomic E-state index is 12.2. The number of aryl methyl sites for hydroxylation is 1. The lowest BCUT2D eigenvalue weighted by molar-refractivity contribution is 0.588. The van der Waals surface area contributed by atoms with Gasteiger partial charge >= 0.3 is 5.69 Å². The molecule has 1 heterocycles. The smallest absolute Gasteiger partial charge is 0.346 e. The second-order valence-electron chi connectivity index (χ2n) is 4.85. The monoisotopic (exact) mass is 289 g/mol. The van der Waals surface area contributed by atoms with E-state index in [1.165, 1.54) is 18.8 Å². The zero-order valence-electron chi connectivity index (χ0n) is 12.4. The Labute approximate surface area is 122 Å². The summed E-state index contributed by atoms with van der Waals surface area (Å²) in [6, 6.07) is 7.44. The largest absolute Gasteiger partial charge is 0.399 e. The molecule has 2 aromatic rings. The van der Waals surface area contributed by atoms with Crippen molar-refractivity contribution in [2.24, 2.45) is 14.1 Å². The van der Waals surface area contributed by atoms with E-state index < -0.39 is 11.2 Å². The second kappa shape index (κ2) is 5.82. The van der Waals surface area contributed by atoms with E-state index >= 15 is 0 Å². The molecule has 112 valence electrons. The summed E-state index contributed by atoms with van der Waals surface area (Å²) in [7, 11) is 2.98. The molecule has 1 aromatic carbocycles. The lowest BCUT2D eigenvalue weighted by Crippen LogP contribution is -2.43. The van der Waals surface area contributed by atoms with Crippen molar-refractivity contribution in [2.75, 3.05) is 17.2 Å². The molecule has 0 atom stereocenters. The minimum Gasteiger partial charge on any atom is -0.399 e. The van der Waals surface area contributed by atoms with E-state index in [9.17, 15) is 9.59 Å². The van der Waals surface area contributed by atoms with Crippen molar-refractivity contribution < 1.29 is 0 Å². The molecular formula is C14H19N5O2. The van der Waals surface area contributed by atoms with Gasteiger partial charge in [0.15, 0.2) is 0 Å². The van der Waals surface area contributed by atoms with Gasteiger partial charge in [-0.15, -0.1) is 5.10 Å². The molecule has 0 bridgehead atoms. The number of anilines is 2. The van der Waals surface area contributed by atoms with E-state index in [1.54, 1.807) is 0 Å². The molecule has 7 nitrogen and oxygen atoms in total. The van der Waals surface area contributed by atoms with Crippen molar-refractivity contribution in [3.05, 3.63) is 50.7 Å². The van der Waals surface area contributed by atoms with Gasteiger partial charge in [0.2, 0.25) is 5.82 Å². The zero-order chi connectivity index (χ0) is 15.6. The standard InChI is InChI=1S/C14H19N5O2/c1-4-19(9-10-5-7-11(15)8-6-10)12-13(20)17(2)14(21)18(3)16-12/h5-8H,4,9,15H2,1-3H3. The Bertz CT molecular complexity index is 745. The van der Waals surface area contributed by atoms with Gasteiger partial charge in [-0.2, -0.15) is 0 Å². The van der Waals surface area contributed by atoms with Crippen molar-refractivity contribution in [1.29, 1.82) is 0 Å². The van der Waals surface area contributed by atoms with E-state index in [0.29, 0.717) is 18.8 Å². The van der Waals surface area contributed by atoms with Gasteiger partial charge in [-0.05, 0) is 24.6 Å². The van der Waals surface area contributed by atoms with Crippen LogP contribution in [0.25, 0.3) is 0 Å². The lowest BCUT2D eigenvalue weighted by atomic mass is 10.2. The van der Waals surface area contributed by atoms with Gasteiger partial charge in [-0.3, -0.25) is 9.36 Å². The number of rotatable bonds is 4. The van der Waals surface area contributed by atoms with Crippen LogP contribution in [-0.4, -0.2) is 20.9 Å². The van der Waals surface area contributed by atoms with Crippen LogP contribution in [0, 0.1) is 0 Å². The first-order valence-electron chi connectivity index (χ1n) is 6.67. The summed E-state index contributed by atoms with van der Waals surface area (Å²) in [6.45, 7) is 3.06. The van der Waals surface area contributed by atoms with Crippen LogP contribution in [0.1, 0.15) is 12.5 Å². The molecule has 2 rings (SSSR count). The number of hydrogen-bond acceptors (Lipinski definition) is 5. The molecule has 0 amide bonds. The number of benzene rings is 1. The fourth-order valence-corrected chi connectivity index (χ4v) is 2.06. The summed E-state index contributed by atoms with van der Waals surface area (Å²) in [6.07, 6.45) is 0. The molecule has 0 saturated heterocycles. The summed E-state index contributed by atoms with van der Waals surface area (Å²) in [5, 5.41) is 4.09. The third-order valence-corrected chi connectivity index (χ3v) is 3.34. The van der Waals surface area contributed by atoms with Crippen LogP contribution in [0.2, 0.25) is 0 Å². The van der Waals surface area contributed by atoms with Crippen LogP contribution in [0.15, 0.2) is 33.9 Å². The Morgan fingerprint density at radius 3 is 2.38 bits per heavy atom. The SMILES string of the molecule is CCN(Cc1ccc(N)cc1)c1nn(C)c(=O)n(C)c1=O. The molecule has 0 spiro atoms. The maximum Gasteiger partial charge on any atom is 0.346 e. The topological polar surface area (TPSA) is 86.2 Å². The Morgan fingerprint density at radius 2 is 1.81 bits per heavy atom. The van der Waals surface area contributed by atoms with Gasteiger partial charge < -0.3 is 10.6 Å². The van der Waals surface area contributed by atoms with E-state index in [-0.39, 0.29) is 5.82 Å². The summed E-state index contributed by atoms with van der Waals surface area (Å²) in [5.74, 6) is 0.263. The zero-order valence-corrected chi connectivity index (χ0v) is 12.4. The highest BCUT2D eigenvalue weighted by atomic mass is 16.2. The molecule has 0 aliphatic heterocycles. The van der Waals surface area contributed by atoms with Crippen LogP contribution in [0.3, 0.4) is 0 Å². The quantitative estimate of drug-likeness (QED) is 0.806. The number of nitrogens with zero attached hydrogens (tertiary/aromatic N) is 4. The van der Waals surface area contributed by atoms with Crippen molar-refractivity contribution in [2.45, 2.75) is 13.5 Å². The first-order chi connectivity index (χ1) is 9.93. The van der Waals surface area contributed by atoms with Crippen LogP contribution in [-0.2, 0) is 20.6 Å². The van der Waals surface area contributed by atoms with Gasteiger partial charge in [0.05, 0.1) is 0 Å². The highest BCUT2D eigenvalue weighted by Crippen LogP contribution is 2.11. The number of aromatic nitrogens is 3. The number of nitrogens with two attached hydrogens (primary N) is 1. The first-order valence-corrected chi connectivity index (χ1v) is 6.67. The predicted octanol–water partition coefficient (Wildman–Crippen LogP) is 0.0877. The minimum absolute atomic E-state index is 0.263. The fraction of sp³-hybridized carbons (Fsp3) is 0.357. The van der Waals surface area contributed by atoms with Crippen molar-refractivity contribution >= 4 is 11.5 Å². The summed E-state index contributed by atoms with van der Waals surface area (Å²) < 4.78 is 2.23. The van der Waals surface area contributed by atoms with Crippen LogP contribution in [0.4, 0.5) is 11.5 Å². The molecule has 21 heavy (non-hydrogen) atoms. The molecule has 0 fully saturated rings. The van der Waals surface area contributed by atoms with Crippen molar-refractivity contribution in [3.63, 3.8) is 0 Å². The normalized spacial score (nSPS) is 10.6. The average Bonchev–Trinajstić information content (AvgIpc) is 2.48. The second-order valence-corrected chi connectivity index (χ2v) is 4.85. The van der Waals surface area contributed by atoms with Crippen molar-refractivity contribution in [3.8, 4) is 0 Å². The van der Waals surface area contributed by atoms with E-state index in [2.05, 4.69) is 5.10 Å². The highest BCUT2D eigenvalue weighted by molar-refractivity contribution is 5.42. The molecule has 0 aliphatic rings. The van der Waals surface area contributed by atoms with Crippen molar-refractivity contribution in [1.82, 2.24) is 14.3 Å². The van der Waals surface area contributed by atoms with E-state index in [0.717, 1.165) is 10.1 Å². The Morgan fingerprint density at radius 1 is 1.19 bits per heavy atom. The first kappa shape index (κ1) is 14.8. The number of hydrogen-bond donors (Lipinski definition) is 1. The van der Waals surface area contributed by atoms with Crippen LogP contribution < -0.4 is 21.9 Å². The van der Waals surface area contributed by atoms with Crippen LogP contribution >= 0.6 is 0 Å². The molecular weight excluding hydrogens is 270 g/mol. The van der Waals surface area contributed by atoms with Gasteiger partial charge in [-0.1, -0.05) is 12.1 Å². The predicted molar refractivity (Wildman–Crippen MR) is 82.3 cm³/mol. The van der Waals surface area contributed by atoms with Gasteiger partial charge in [-0.25, -0.2) is 9.48 Å². The molecule has 7 heteroatoms. The Kier molecular flexibility index (Phi) is 4.11. The number of nitrogen functional groups attached to an aromatic ring is 1. The van der Waals surface area contributed by atoms with Gasteiger partial charge in [0, 0.05) is 32.9 Å². The fourth-order valence-electron chi connectivity index (χ4n) is 2.06. The summed E-state index contributed by atoms with van der Waals surface area (Å²) in [5.41, 5.74) is 6.54. The van der Waals surface area contributed by atoms with Gasteiger partial charge in [0.1, 0.15) is 0 Å². The molecule has 2 N–H and O–H groups in total. The summed E-state index contributed by atoms with van der Waals surface area (Å²) >= 11 is 0. The maximum absolute atomic E-state index is 12.2. The lowest BCUT2D eigenvalue weighted by Gasteiger charge is -2.21. The van der Waals surface area contributed by atoms with E-state index in [1.807, 2.05) is 36.1 Å². The third-order valence-electron chi connectivity index (χ3n) is 3.34. The van der Waals surface area contributed by atoms with Crippen LogP contribution in [0.5, 0.6) is 0 Å². The molecule has 0 saturated carbocycles.